The number of thioether (sulfide) groups is 1. The highest BCUT2D eigenvalue weighted by molar-refractivity contribution is 7.99. The van der Waals surface area contributed by atoms with Crippen LogP contribution in [0.3, 0.4) is 0 Å². The molecule has 1 N–H and O–H groups in total. The average molecular weight is 378 g/mol. The van der Waals surface area contributed by atoms with Gasteiger partial charge in [-0.2, -0.15) is 13.2 Å². The Morgan fingerprint density at radius 2 is 1.88 bits per heavy atom. The molecule has 2 aromatic carbocycles. The first-order chi connectivity index (χ1) is 11.3. The van der Waals surface area contributed by atoms with Crippen LogP contribution in [-0.2, 0) is 16.7 Å². The van der Waals surface area contributed by atoms with E-state index in [1.54, 1.807) is 12.1 Å². The van der Waals surface area contributed by atoms with Crippen molar-refractivity contribution in [1.82, 2.24) is 0 Å². The number of anilines is 1. The summed E-state index contributed by atoms with van der Waals surface area (Å²) in [5, 5.41) is 2.01. The lowest BCUT2D eigenvalue weighted by atomic mass is 10.1. The molecule has 0 saturated heterocycles. The molecule has 0 unspecified atom stereocenters. The Bertz CT molecular complexity index is 736. The minimum absolute atomic E-state index is 0.0843. The molecule has 2 rings (SSSR count). The Kier molecular flexibility index (Phi) is 6.12. The molecule has 0 spiro atoms. The highest BCUT2D eigenvalue weighted by Crippen LogP contribution is 2.38. The van der Waals surface area contributed by atoms with E-state index in [4.69, 9.17) is 11.6 Å². The van der Waals surface area contributed by atoms with E-state index >= 15 is 0 Å². The number of carbonyl (C=O) groups is 1. The molecule has 0 atom stereocenters. The predicted molar refractivity (Wildman–Crippen MR) is 87.6 cm³/mol. The Hall–Kier alpha value is -1.73. The molecular weight excluding hydrogens is 366 g/mol. The van der Waals surface area contributed by atoms with Crippen LogP contribution in [0.1, 0.15) is 11.1 Å². The van der Waals surface area contributed by atoms with Gasteiger partial charge in [-0.15, -0.1) is 11.8 Å². The van der Waals surface area contributed by atoms with Gasteiger partial charge in [-0.1, -0.05) is 29.8 Å². The lowest BCUT2D eigenvalue weighted by Gasteiger charge is -2.15. The van der Waals surface area contributed by atoms with Gasteiger partial charge in [0.05, 0.1) is 22.0 Å². The van der Waals surface area contributed by atoms with Gasteiger partial charge in [0.25, 0.3) is 0 Å². The van der Waals surface area contributed by atoms with Crippen LogP contribution < -0.4 is 5.32 Å². The summed E-state index contributed by atoms with van der Waals surface area (Å²) in [6.07, 6.45) is -4.62. The minimum atomic E-state index is -4.62. The molecule has 2 aromatic rings. The zero-order valence-electron chi connectivity index (χ0n) is 12.2. The zero-order valence-corrected chi connectivity index (χ0v) is 13.7. The number of nitrogens with one attached hydrogen (secondary N) is 1. The number of hydrogen-bond donors (Lipinski definition) is 1. The van der Waals surface area contributed by atoms with Crippen molar-refractivity contribution in [3.05, 3.63) is 64.4 Å². The Labute approximate surface area is 145 Å². The van der Waals surface area contributed by atoms with Crippen LogP contribution in [0.2, 0.25) is 5.02 Å². The third-order valence-electron chi connectivity index (χ3n) is 2.97. The average Bonchev–Trinajstić information content (AvgIpc) is 2.48. The summed E-state index contributed by atoms with van der Waals surface area (Å²) in [5.41, 5.74) is -0.775. The molecule has 128 valence electrons. The van der Waals surface area contributed by atoms with E-state index in [9.17, 15) is 22.4 Å². The maximum atomic E-state index is 13.0. The summed E-state index contributed by atoms with van der Waals surface area (Å²) in [7, 11) is 0. The highest BCUT2D eigenvalue weighted by atomic mass is 35.5. The van der Waals surface area contributed by atoms with Crippen molar-refractivity contribution >= 4 is 35.0 Å². The van der Waals surface area contributed by atoms with Gasteiger partial charge in [-0.3, -0.25) is 4.79 Å². The number of halogens is 5. The van der Waals surface area contributed by atoms with Crippen LogP contribution in [0.15, 0.2) is 42.5 Å². The van der Waals surface area contributed by atoms with Gasteiger partial charge in [0.15, 0.2) is 0 Å². The van der Waals surface area contributed by atoms with E-state index in [2.05, 4.69) is 5.32 Å². The van der Waals surface area contributed by atoms with E-state index in [1.807, 2.05) is 0 Å². The molecular formula is C16H12ClF4NOS. The largest absolute Gasteiger partial charge is 0.418 e. The smallest absolute Gasteiger partial charge is 0.324 e. The van der Waals surface area contributed by atoms with Crippen LogP contribution in [0.4, 0.5) is 23.2 Å². The van der Waals surface area contributed by atoms with Crippen LogP contribution >= 0.6 is 23.4 Å². The van der Waals surface area contributed by atoms with Crippen molar-refractivity contribution in [2.45, 2.75) is 11.9 Å². The van der Waals surface area contributed by atoms with E-state index in [0.29, 0.717) is 11.3 Å². The Morgan fingerprint density at radius 3 is 2.54 bits per heavy atom. The first-order valence-electron chi connectivity index (χ1n) is 6.75. The monoisotopic (exact) mass is 377 g/mol. The number of amides is 1. The van der Waals surface area contributed by atoms with Gasteiger partial charge < -0.3 is 5.32 Å². The summed E-state index contributed by atoms with van der Waals surface area (Å²) in [4.78, 5) is 11.9. The third-order valence-corrected chi connectivity index (χ3v) is 4.29. The lowest BCUT2D eigenvalue weighted by molar-refractivity contribution is -0.137. The topological polar surface area (TPSA) is 29.1 Å². The van der Waals surface area contributed by atoms with Gasteiger partial charge in [0, 0.05) is 5.75 Å². The van der Waals surface area contributed by atoms with E-state index in [1.165, 1.54) is 24.3 Å². The van der Waals surface area contributed by atoms with Crippen molar-refractivity contribution in [1.29, 1.82) is 0 Å². The highest BCUT2D eigenvalue weighted by Gasteiger charge is 2.34. The summed E-state index contributed by atoms with van der Waals surface area (Å²) in [6.45, 7) is 0. The molecule has 24 heavy (non-hydrogen) atoms. The van der Waals surface area contributed by atoms with Crippen molar-refractivity contribution in [3.63, 3.8) is 0 Å². The fraction of sp³-hybridized carbons (Fsp3) is 0.188. The van der Waals surface area contributed by atoms with Gasteiger partial charge in [-0.05, 0) is 29.8 Å². The molecule has 0 saturated carbocycles. The van der Waals surface area contributed by atoms with Gasteiger partial charge in [0.2, 0.25) is 5.91 Å². The molecule has 0 aliphatic heterocycles. The standard InChI is InChI=1S/C16H12ClF4NOS/c17-13-6-2-5-12(16(19,20)21)15(13)22-14(23)9-24-8-10-3-1-4-11(18)7-10/h1-7H,8-9H2,(H,22,23). The molecule has 0 aliphatic carbocycles. The molecule has 1 amide bonds. The number of benzene rings is 2. The van der Waals surface area contributed by atoms with E-state index in [-0.39, 0.29) is 16.6 Å². The molecule has 0 fully saturated rings. The number of rotatable bonds is 5. The molecule has 0 aromatic heterocycles. The van der Waals surface area contributed by atoms with Crippen molar-refractivity contribution in [3.8, 4) is 0 Å². The summed E-state index contributed by atoms with van der Waals surface area (Å²) in [6, 6.07) is 9.17. The maximum absolute atomic E-state index is 13.0. The molecule has 0 bridgehead atoms. The fourth-order valence-electron chi connectivity index (χ4n) is 1.95. The lowest BCUT2D eigenvalue weighted by Crippen LogP contribution is -2.18. The normalized spacial score (nSPS) is 11.4. The SMILES string of the molecule is O=C(CSCc1cccc(F)c1)Nc1c(Cl)cccc1C(F)(F)F. The molecule has 0 radical (unpaired) electrons. The van der Waals surface area contributed by atoms with Crippen LogP contribution in [0.5, 0.6) is 0 Å². The summed E-state index contributed by atoms with van der Waals surface area (Å²) >= 11 is 6.92. The van der Waals surface area contributed by atoms with Gasteiger partial charge >= 0.3 is 6.18 Å². The third kappa shape index (κ3) is 5.14. The summed E-state index contributed by atoms with van der Waals surface area (Å²) in [5.74, 6) is -0.725. The molecule has 8 heteroatoms. The van der Waals surface area contributed by atoms with Gasteiger partial charge in [0.1, 0.15) is 5.82 Å². The van der Waals surface area contributed by atoms with Gasteiger partial charge in [-0.25, -0.2) is 4.39 Å². The number of alkyl halides is 3. The predicted octanol–water partition coefficient (Wildman–Crippen LogP) is 5.37. The molecule has 0 aliphatic rings. The second kappa shape index (κ2) is 7.90. The van der Waals surface area contributed by atoms with Crippen molar-refractivity contribution < 1.29 is 22.4 Å². The van der Waals surface area contributed by atoms with Crippen LogP contribution in [0.25, 0.3) is 0 Å². The van der Waals surface area contributed by atoms with E-state index in [0.717, 1.165) is 17.8 Å². The fourth-order valence-corrected chi connectivity index (χ4v) is 2.95. The van der Waals surface area contributed by atoms with Crippen LogP contribution in [0, 0.1) is 5.82 Å². The quantitative estimate of drug-likeness (QED) is 0.710. The van der Waals surface area contributed by atoms with Crippen LogP contribution in [-0.4, -0.2) is 11.7 Å². The molecule has 2 nitrogen and oxygen atoms in total. The number of para-hydroxylation sites is 1. The van der Waals surface area contributed by atoms with Crippen molar-refractivity contribution in [2.75, 3.05) is 11.1 Å². The molecule has 0 heterocycles. The number of carbonyl (C=O) groups excluding carboxylic acids is 1. The first-order valence-corrected chi connectivity index (χ1v) is 8.28. The minimum Gasteiger partial charge on any atom is -0.324 e. The first kappa shape index (κ1) is 18.6. The zero-order chi connectivity index (χ0) is 17.7. The van der Waals surface area contributed by atoms with Crippen molar-refractivity contribution in [2.24, 2.45) is 0 Å². The second-order valence-electron chi connectivity index (χ2n) is 4.83. The number of hydrogen-bond acceptors (Lipinski definition) is 2. The Balaban J connectivity index is 1.98. The summed E-state index contributed by atoms with van der Waals surface area (Å²) < 4.78 is 51.8. The second-order valence-corrected chi connectivity index (χ2v) is 6.22. The van der Waals surface area contributed by atoms with E-state index < -0.39 is 23.3 Å². The Morgan fingerprint density at radius 1 is 1.17 bits per heavy atom. The maximum Gasteiger partial charge on any atom is 0.418 e.